The summed E-state index contributed by atoms with van der Waals surface area (Å²) in [5.41, 5.74) is 6.58. The van der Waals surface area contributed by atoms with Gasteiger partial charge in [-0.2, -0.15) is 5.10 Å². The zero-order valence-corrected chi connectivity index (χ0v) is 20.9. The highest BCUT2D eigenvalue weighted by Gasteiger charge is 2.21. The maximum absolute atomic E-state index is 13.5. The molecular weight excluding hydrogens is 511 g/mol. The highest BCUT2D eigenvalue weighted by molar-refractivity contribution is 6.36. The Morgan fingerprint density at radius 2 is 1.60 bits per heavy atom. The molecule has 1 atom stereocenters. The molecule has 180 valence electrons. The lowest BCUT2D eigenvalue weighted by atomic mass is 10.1. The topological polar surface area (TPSA) is 92.1 Å². The molecule has 1 heterocycles. The predicted molar refractivity (Wildman–Crippen MR) is 138 cm³/mol. The van der Waals surface area contributed by atoms with Crippen molar-refractivity contribution in [1.29, 1.82) is 0 Å². The largest absolute Gasteiger partial charge is 0.495 e. The van der Waals surface area contributed by atoms with Crippen LogP contribution in [0.1, 0.15) is 22.9 Å². The van der Waals surface area contributed by atoms with Gasteiger partial charge in [-0.15, -0.1) is 0 Å². The number of ether oxygens (including phenoxy) is 1. The molecule has 0 spiro atoms. The number of hydrogen-bond acceptors (Lipinski definition) is 5. The fourth-order valence-electron chi connectivity index (χ4n) is 3.70. The Kier molecular flexibility index (Phi) is 7.62. The number of nitrogens with zero attached hydrogens (tertiary/aromatic N) is 3. The normalized spacial score (nSPS) is 11.9. The summed E-state index contributed by atoms with van der Waals surface area (Å²) in [6, 6.07) is 18.6. The summed E-state index contributed by atoms with van der Waals surface area (Å²) < 4.78 is 7.40. The third-order valence-corrected chi connectivity index (χ3v) is 6.60. The Morgan fingerprint density at radius 3 is 2.26 bits per heavy atom. The van der Waals surface area contributed by atoms with E-state index in [2.05, 4.69) is 5.10 Å². The van der Waals surface area contributed by atoms with Gasteiger partial charge in [0.2, 0.25) is 0 Å². The number of aromatic nitrogens is 3. The Hall–Kier alpha value is -3.10. The summed E-state index contributed by atoms with van der Waals surface area (Å²) in [4.78, 5) is 27.1. The van der Waals surface area contributed by atoms with Crippen LogP contribution in [0.4, 0.5) is 0 Å². The van der Waals surface area contributed by atoms with Gasteiger partial charge in [0.15, 0.2) is 0 Å². The fraction of sp³-hybridized carbons (Fsp3) is 0.160. The molecule has 0 aliphatic rings. The number of hydrogen-bond donors (Lipinski definition) is 1. The Bertz CT molecular complexity index is 1470. The van der Waals surface area contributed by atoms with Gasteiger partial charge < -0.3 is 10.5 Å². The summed E-state index contributed by atoms with van der Waals surface area (Å²) in [6.07, 6.45) is -0.000216. The van der Waals surface area contributed by atoms with Crippen LogP contribution in [0.2, 0.25) is 15.1 Å². The minimum absolute atomic E-state index is 0.000216. The number of rotatable bonds is 7. The van der Waals surface area contributed by atoms with Crippen LogP contribution in [0.15, 0.2) is 76.3 Å². The third kappa shape index (κ3) is 5.13. The third-order valence-electron chi connectivity index (χ3n) is 5.51. The number of methoxy groups -OCH3 is 1. The van der Waals surface area contributed by atoms with Gasteiger partial charge in [-0.05, 0) is 35.4 Å². The minimum Gasteiger partial charge on any atom is -0.495 e. The molecule has 4 rings (SSSR count). The molecule has 10 heteroatoms. The Morgan fingerprint density at radius 1 is 0.943 bits per heavy atom. The van der Waals surface area contributed by atoms with Crippen molar-refractivity contribution in [1.82, 2.24) is 14.3 Å². The van der Waals surface area contributed by atoms with Crippen molar-refractivity contribution in [3.8, 4) is 11.4 Å². The minimum atomic E-state index is -0.689. The van der Waals surface area contributed by atoms with Gasteiger partial charge in [0.25, 0.3) is 5.56 Å². The van der Waals surface area contributed by atoms with E-state index in [1.165, 1.54) is 7.11 Å². The van der Waals surface area contributed by atoms with Crippen LogP contribution in [0.3, 0.4) is 0 Å². The van der Waals surface area contributed by atoms with Crippen molar-refractivity contribution in [2.24, 2.45) is 5.73 Å². The van der Waals surface area contributed by atoms with Crippen molar-refractivity contribution < 1.29 is 4.74 Å². The zero-order chi connectivity index (χ0) is 25.1. The smallest absolute Gasteiger partial charge is 0.352 e. The molecule has 0 saturated carbocycles. The molecular formula is C25H21Cl3N4O3. The van der Waals surface area contributed by atoms with E-state index >= 15 is 0 Å². The molecule has 4 aromatic rings. The molecule has 0 fully saturated rings. The first-order valence-corrected chi connectivity index (χ1v) is 11.7. The fourth-order valence-corrected chi connectivity index (χ4v) is 4.51. The summed E-state index contributed by atoms with van der Waals surface area (Å²) in [5.74, 6) is 0.315. The maximum atomic E-state index is 13.5. The van der Waals surface area contributed by atoms with Gasteiger partial charge in [-0.25, -0.2) is 14.0 Å². The molecule has 35 heavy (non-hydrogen) atoms. The molecule has 0 aliphatic heterocycles. The second kappa shape index (κ2) is 10.7. The lowest BCUT2D eigenvalue weighted by Crippen LogP contribution is -2.44. The average Bonchev–Trinajstić information content (AvgIpc) is 2.85. The summed E-state index contributed by atoms with van der Waals surface area (Å²) >= 11 is 19.2. The van der Waals surface area contributed by atoms with Gasteiger partial charge in [0.05, 0.1) is 19.3 Å². The second-order valence-corrected chi connectivity index (χ2v) is 8.93. The van der Waals surface area contributed by atoms with Crippen molar-refractivity contribution in [2.75, 3.05) is 7.11 Å². The summed E-state index contributed by atoms with van der Waals surface area (Å²) in [7, 11) is 1.45. The lowest BCUT2D eigenvalue weighted by molar-refractivity contribution is 0.414. The Labute approximate surface area is 216 Å². The number of benzene rings is 3. The van der Waals surface area contributed by atoms with E-state index in [9.17, 15) is 9.59 Å². The molecule has 0 radical (unpaired) electrons. The summed E-state index contributed by atoms with van der Waals surface area (Å²) in [6.45, 7) is 0.0218. The van der Waals surface area contributed by atoms with Crippen LogP contribution in [-0.2, 0) is 13.0 Å². The quantitative estimate of drug-likeness (QED) is 0.375. The first-order valence-electron chi connectivity index (χ1n) is 10.6. The molecule has 1 unspecified atom stereocenters. The van der Waals surface area contributed by atoms with Crippen molar-refractivity contribution in [3.63, 3.8) is 0 Å². The van der Waals surface area contributed by atoms with E-state index in [-0.39, 0.29) is 29.4 Å². The van der Waals surface area contributed by atoms with E-state index in [1.54, 1.807) is 36.4 Å². The standard InChI is InChI=1S/C25H21Cl3N4O3/c1-35-22-12-6-11-21(23(22)28)32-24(33)20(13-16-17(26)9-5-10-18(16)27)30-31(25(32)34)14-19(29)15-7-3-2-4-8-15/h2-12,19H,13-14,29H2,1H3. The van der Waals surface area contributed by atoms with Gasteiger partial charge in [-0.1, -0.05) is 77.3 Å². The molecule has 0 amide bonds. The highest BCUT2D eigenvalue weighted by atomic mass is 35.5. The van der Waals surface area contributed by atoms with Crippen molar-refractivity contribution >= 4 is 34.8 Å². The number of nitrogens with two attached hydrogens (primary N) is 1. The first kappa shape index (κ1) is 25.0. The second-order valence-electron chi connectivity index (χ2n) is 7.74. The average molecular weight is 532 g/mol. The van der Waals surface area contributed by atoms with E-state index in [4.69, 9.17) is 45.3 Å². The molecule has 1 aromatic heterocycles. The van der Waals surface area contributed by atoms with Crippen LogP contribution in [-0.4, -0.2) is 21.5 Å². The van der Waals surface area contributed by atoms with E-state index in [1.807, 2.05) is 30.3 Å². The Balaban J connectivity index is 1.92. The van der Waals surface area contributed by atoms with Gasteiger partial charge in [0.1, 0.15) is 16.5 Å². The van der Waals surface area contributed by atoms with E-state index in [0.29, 0.717) is 21.4 Å². The zero-order valence-electron chi connectivity index (χ0n) is 18.6. The van der Waals surface area contributed by atoms with Crippen LogP contribution in [0, 0.1) is 0 Å². The van der Waals surface area contributed by atoms with Crippen molar-refractivity contribution in [3.05, 3.63) is 119 Å². The van der Waals surface area contributed by atoms with E-state index < -0.39 is 17.3 Å². The van der Waals surface area contributed by atoms with Crippen LogP contribution in [0.25, 0.3) is 5.69 Å². The molecule has 3 aromatic carbocycles. The van der Waals surface area contributed by atoms with Crippen molar-refractivity contribution in [2.45, 2.75) is 19.0 Å². The highest BCUT2D eigenvalue weighted by Crippen LogP contribution is 2.30. The molecule has 2 N–H and O–H groups in total. The SMILES string of the molecule is COc1cccc(-n2c(=O)c(Cc3c(Cl)cccc3Cl)nn(CC(N)c3ccccc3)c2=O)c1Cl. The van der Waals surface area contributed by atoms with E-state index in [0.717, 1.165) is 14.8 Å². The summed E-state index contributed by atoms with van der Waals surface area (Å²) in [5, 5.41) is 5.24. The molecule has 7 nitrogen and oxygen atoms in total. The molecule has 0 aliphatic carbocycles. The molecule has 0 saturated heterocycles. The lowest BCUT2D eigenvalue weighted by Gasteiger charge is -2.17. The predicted octanol–water partition coefficient (Wildman–Crippen LogP) is 4.65. The number of halogens is 3. The van der Waals surface area contributed by atoms with Gasteiger partial charge >= 0.3 is 5.69 Å². The first-order chi connectivity index (χ1) is 16.8. The molecule has 0 bridgehead atoms. The van der Waals surface area contributed by atoms with Gasteiger partial charge in [-0.3, -0.25) is 4.79 Å². The maximum Gasteiger partial charge on any atom is 0.352 e. The van der Waals surface area contributed by atoms with Crippen LogP contribution in [0.5, 0.6) is 5.75 Å². The van der Waals surface area contributed by atoms with Crippen LogP contribution >= 0.6 is 34.8 Å². The van der Waals surface area contributed by atoms with Crippen LogP contribution < -0.4 is 21.7 Å². The van der Waals surface area contributed by atoms with Gasteiger partial charge in [0, 0.05) is 22.5 Å². The monoisotopic (exact) mass is 530 g/mol.